The van der Waals surface area contributed by atoms with Crippen LogP contribution in [0.1, 0.15) is 26.7 Å². The van der Waals surface area contributed by atoms with Gasteiger partial charge in [0.1, 0.15) is 6.33 Å². The number of nitrogens with zero attached hydrogens (tertiary/aromatic N) is 5. The number of carboxylic acids is 1. The number of carbonyl (C=O) groups is 2. The summed E-state index contributed by atoms with van der Waals surface area (Å²) in [5.74, 6) is -1.81. The molecular weight excluding hydrogens is 254 g/mol. The molecule has 2 rings (SSSR count). The Kier molecular flexibility index (Phi) is 3.19. The van der Waals surface area contributed by atoms with Crippen LogP contribution in [0.2, 0.25) is 0 Å². The summed E-state index contributed by atoms with van der Waals surface area (Å²) in [5, 5.41) is 12.7. The average Bonchev–Trinajstić information content (AvgIpc) is 2.86. The van der Waals surface area contributed by atoms with Crippen molar-refractivity contribution in [3.63, 3.8) is 0 Å². The lowest BCUT2D eigenvalue weighted by molar-refractivity contribution is 0.0586. The Balaban J connectivity index is 2.37. The van der Waals surface area contributed by atoms with E-state index in [9.17, 15) is 9.59 Å². The first kappa shape index (κ1) is 12.6. The largest absolute Gasteiger partial charge is 0.478 e. The summed E-state index contributed by atoms with van der Waals surface area (Å²) in [6, 6.07) is 0. The molecule has 0 aliphatic heterocycles. The fourth-order valence-corrected chi connectivity index (χ4v) is 1.32. The van der Waals surface area contributed by atoms with Gasteiger partial charge in [-0.25, -0.2) is 24.5 Å². The Hall–Kier alpha value is -2.84. The monoisotopic (exact) mass is 263 g/mol. The third-order valence-corrected chi connectivity index (χ3v) is 2.26. The molecule has 0 saturated heterocycles. The van der Waals surface area contributed by atoms with E-state index < -0.39 is 11.9 Å². The first-order chi connectivity index (χ1) is 9.02. The van der Waals surface area contributed by atoms with Crippen LogP contribution in [0.3, 0.4) is 0 Å². The number of aromatic nitrogens is 5. The molecule has 0 fully saturated rings. The highest BCUT2D eigenvalue weighted by molar-refractivity contribution is 5.88. The van der Waals surface area contributed by atoms with Crippen LogP contribution in [0.15, 0.2) is 12.5 Å². The van der Waals surface area contributed by atoms with Gasteiger partial charge in [0, 0.05) is 6.20 Å². The molecule has 0 saturated carbocycles. The Morgan fingerprint density at radius 3 is 2.68 bits per heavy atom. The van der Waals surface area contributed by atoms with Gasteiger partial charge < -0.3 is 9.84 Å². The van der Waals surface area contributed by atoms with Crippen LogP contribution in [0.4, 0.5) is 0 Å². The zero-order valence-corrected chi connectivity index (χ0v) is 10.1. The van der Waals surface area contributed by atoms with Crippen molar-refractivity contribution in [3.05, 3.63) is 29.6 Å². The van der Waals surface area contributed by atoms with Crippen molar-refractivity contribution in [2.75, 3.05) is 7.11 Å². The average molecular weight is 263 g/mol. The van der Waals surface area contributed by atoms with Gasteiger partial charge in [0.15, 0.2) is 0 Å². The molecule has 0 atom stereocenters. The number of hydrogen-bond donors (Lipinski definition) is 1. The summed E-state index contributed by atoms with van der Waals surface area (Å²) in [6.45, 7) is 1.53. The molecule has 2 aromatic heterocycles. The summed E-state index contributed by atoms with van der Waals surface area (Å²) in [5.41, 5.74) is 0.282. The molecule has 0 aromatic carbocycles. The number of ether oxygens (including phenoxy) is 1. The van der Waals surface area contributed by atoms with Crippen LogP contribution in [0, 0.1) is 6.92 Å². The highest BCUT2D eigenvalue weighted by atomic mass is 16.5. The molecular formula is C10H9N5O4. The smallest absolute Gasteiger partial charge is 0.377 e. The van der Waals surface area contributed by atoms with Gasteiger partial charge in [0.05, 0.1) is 18.4 Å². The minimum atomic E-state index is -1.11. The van der Waals surface area contributed by atoms with Crippen molar-refractivity contribution in [3.8, 4) is 5.95 Å². The SMILES string of the molecule is COC(=O)c1ncn(-c2ncc(C(=O)O)c(C)n2)n1. The lowest BCUT2D eigenvalue weighted by atomic mass is 10.2. The van der Waals surface area contributed by atoms with Gasteiger partial charge in [-0.1, -0.05) is 0 Å². The third-order valence-electron chi connectivity index (χ3n) is 2.26. The normalized spacial score (nSPS) is 10.2. The van der Waals surface area contributed by atoms with Crippen molar-refractivity contribution >= 4 is 11.9 Å². The molecule has 0 unspecified atom stereocenters. The van der Waals surface area contributed by atoms with Gasteiger partial charge in [0.2, 0.25) is 0 Å². The third kappa shape index (κ3) is 2.39. The second-order valence-electron chi connectivity index (χ2n) is 3.48. The van der Waals surface area contributed by atoms with E-state index in [1.165, 1.54) is 26.6 Å². The number of carboxylic acid groups (broad SMARTS) is 1. The van der Waals surface area contributed by atoms with E-state index in [1.54, 1.807) is 0 Å². The lowest BCUT2D eigenvalue weighted by Crippen LogP contribution is -2.10. The Morgan fingerprint density at radius 2 is 2.11 bits per heavy atom. The van der Waals surface area contributed by atoms with Crippen LogP contribution in [0.25, 0.3) is 5.95 Å². The number of aromatic carboxylic acids is 1. The standard InChI is InChI=1S/C10H9N5O4/c1-5-6(8(16)17)3-11-10(13-5)15-4-12-7(14-15)9(18)19-2/h3-4H,1-2H3,(H,16,17). The van der Waals surface area contributed by atoms with Crippen molar-refractivity contribution in [1.82, 2.24) is 24.7 Å². The Morgan fingerprint density at radius 1 is 1.37 bits per heavy atom. The van der Waals surface area contributed by atoms with Crippen LogP contribution in [-0.4, -0.2) is 48.9 Å². The van der Waals surface area contributed by atoms with E-state index in [-0.39, 0.29) is 23.0 Å². The molecule has 2 aromatic rings. The van der Waals surface area contributed by atoms with E-state index in [0.717, 1.165) is 4.68 Å². The van der Waals surface area contributed by atoms with Gasteiger partial charge in [-0.3, -0.25) is 0 Å². The second-order valence-corrected chi connectivity index (χ2v) is 3.48. The van der Waals surface area contributed by atoms with Crippen LogP contribution in [0.5, 0.6) is 0 Å². The van der Waals surface area contributed by atoms with Gasteiger partial charge >= 0.3 is 11.9 Å². The maximum Gasteiger partial charge on any atom is 0.377 e. The maximum atomic E-state index is 11.2. The molecule has 9 heteroatoms. The Labute approximate surface area is 106 Å². The summed E-state index contributed by atoms with van der Waals surface area (Å²) < 4.78 is 5.62. The van der Waals surface area contributed by atoms with Gasteiger partial charge in [-0.05, 0) is 6.92 Å². The van der Waals surface area contributed by atoms with Crippen molar-refractivity contribution in [2.24, 2.45) is 0 Å². The predicted molar refractivity (Wildman–Crippen MR) is 60.0 cm³/mol. The topological polar surface area (TPSA) is 120 Å². The fourth-order valence-electron chi connectivity index (χ4n) is 1.32. The summed E-state index contributed by atoms with van der Waals surface area (Å²) in [7, 11) is 1.21. The molecule has 0 aliphatic carbocycles. The minimum Gasteiger partial charge on any atom is -0.478 e. The van der Waals surface area contributed by atoms with Crippen LogP contribution < -0.4 is 0 Å². The number of methoxy groups -OCH3 is 1. The molecule has 0 aliphatic rings. The van der Waals surface area contributed by atoms with Crippen LogP contribution >= 0.6 is 0 Å². The summed E-state index contributed by atoms with van der Waals surface area (Å²) in [4.78, 5) is 33.6. The number of hydrogen-bond acceptors (Lipinski definition) is 7. The molecule has 0 bridgehead atoms. The first-order valence-electron chi connectivity index (χ1n) is 5.10. The van der Waals surface area contributed by atoms with Gasteiger partial charge in [-0.2, -0.15) is 4.68 Å². The molecule has 19 heavy (non-hydrogen) atoms. The van der Waals surface area contributed by atoms with Crippen molar-refractivity contribution in [1.29, 1.82) is 0 Å². The van der Waals surface area contributed by atoms with Gasteiger partial charge in [-0.15, -0.1) is 5.10 Å². The molecule has 2 heterocycles. The number of esters is 1. The van der Waals surface area contributed by atoms with E-state index in [0.29, 0.717) is 0 Å². The molecule has 1 N–H and O–H groups in total. The van der Waals surface area contributed by atoms with E-state index in [1.807, 2.05) is 0 Å². The zero-order chi connectivity index (χ0) is 14.0. The first-order valence-corrected chi connectivity index (χ1v) is 5.10. The Bertz CT molecular complexity index is 651. The summed E-state index contributed by atoms with van der Waals surface area (Å²) >= 11 is 0. The van der Waals surface area contributed by atoms with Crippen LogP contribution in [-0.2, 0) is 4.74 Å². The molecule has 0 spiro atoms. The quantitative estimate of drug-likeness (QED) is 0.759. The van der Waals surface area contributed by atoms with E-state index in [4.69, 9.17) is 5.11 Å². The predicted octanol–water partition coefficient (Wildman–Crippen LogP) is -0.149. The molecule has 0 amide bonds. The summed E-state index contributed by atoms with van der Waals surface area (Å²) in [6.07, 6.45) is 2.40. The zero-order valence-electron chi connectivity index (χ0n) is 10.1. The molecule has 98 valence electrons. The van der Waals surface area contributed by atoms with E-state index >= 15 is 0 Å². The van der Waals surface area contributed by atoms with E-state index in [2.05, 4.69) is 24.8 Å². The van der Waals surface area contributed by atoms with Crippen molar-refractivity contribution < 1.29 is 19.4 Å². The number of aryl methyl sites for hydroxylation is 1. The lowest BCUT2D eigenvalue weighted by Gasteiger charge is -2.02. The maximum absolute atomic E-state index is 11.2. The highest BCUT2D eigenvalue weighted by Gasteiger charge is 2.15. The molecule has 9 nitrogen and oxygen atoms in total. The van der Waals surface area contributed by atoms with Gasteiger partial charge in [0.25, 0.3) is 11.8 Å². The minimum absolute atomic E-state index is 0.00273. The number of rotatable bonds is 3. The number of carbonyl (C=O) groups excluding carboxylic acids is 1. The molecule has 0 radical (unpaired) electrons. The fraction of sp³-hybridized carbons (Fsp3) is 0.200. The van der Waals surface area contributed by atoms with Crippen molar-refractivity contribution in [2.45, 2.75) is 6.92 Å². The highest BCUT2D eigenvalue weighted by Crippen LogP contribution is 2.06. The second kappa shape index (κ2) is 4.80.